The lowest BCUT2D eigenvalue weighted by Gasteiger charge is -2.24. The standard InChI is InChI=1S/C17H19FN2O5S/c1-17(2-3-17)26(24,25)19-15(21)14-12(18)5-9(16(22)23)6-13(14)20-7-10-4-11(10)8-20/h5-6,10-11H,2-4,7-8H2,1H3,(H,19,21)(H,22,23). The second-order valence-electron chi connectivity index (χ2n) is 7.70. The molecule has 0 aromatic heterocycles. The number of anilines is 1. The van der Waals surface area contributed by atoms with E-state index in [1.807, 2.05) is 4.72 Å². The molecule has 140 valence electrons. The lowest BCUT2D eigenvalue weighted by atomic mass is 10.1. The maximum atomic E-state index is 14.6. The first-order valence-electron chi connectivity index (χ1n) is 8.50. The molecule has 2 saturated carbocycles. The zero-order chi connectivity index (χ0) is 18.9. The third kappa shape index (κ3) is 2.74. The van der Waals surface area contributed by atoms with Gasteiger partial charge in [-0.25, -0.2) is 22.3 Å². The van der Waals surface area contributed by atoms with Gasteiger partial charge in [-0.05, 0) is 50.2 Å². The van der Waals surface area contributed by atoms with Crippen LogP contribution in [-0.4, -0.2) is 43.2 Å². The Morgan fingerprint density at radius 1 is 1.27 bits per heavy atom. The molecule has 1 aliphatic heterocycles. The van der Waals surface area contributed by atoms with Gasteiger partial charge in [-0.2, -0.15) is 0 Å². The Morgan fingerprint density at radius 2 is 1.88 bits per heavy atom. The summed E-state index contributed by atoms with van der Waals surface area (Å²) in [7, 11) is -3.92. The number of sulfonamides is 1. The van der Waals surface area contributed by atoms with Crippen LogP contribution in [0.3, 0.4) is 0 Å². The molecular formula is C17H19FN2O5S. The van der Waals surface area contributed by atoms with E-state index in [0.29, 0.717) is 37.8 Å². The Bertz CT molecular complexity index is 915. The highest BCUT2D eigenvalue weighted by Crippen LogP contribution is 2.47. The molecule has 1 heterocycles. The number of nitrogens with one attached hydrogen (secondary N) is 1. The van der Waals surface area contributed by atoms with Crippen LogP contribution in [0.2, 0.25) is 0 Å². The van der Waals surface area contributed by atoms with Crippen molar-refractivity contribution in [1.29, 1.82) is 0 Å². The zero-order valence-corrected chi connectivity index (χ0v) is 15.0. The van der Waals surface area contributed by atoms with E-state index in [4.69, 9.17) is 0 Å². The van der Waals surface area contributed by atoms with Crippen molar-refractivity contribution in [1.82, 2.24) is 4.72 Å². The molecule has 1 aromatic carbocycles. The van der Waals surface area contributed by atoms with Crippen LogP contribution < -0.4 is 9.62 Å². The van der Waals surface area contributed by atoms with Gasteiger partial charge < -0.3 is 10.0 Å². The number of halogens is 1. The molecule has 4 rings (SSSR count). The fourth-order valence-corrected chi connectivity index (χ4v) is 4.76. The minimum Gasteiger partial charge on any atom is -0.478 e. The average molecular weight is 382 g/mol. The number of nitrogens with zero attached hydrogens (tertiary/aromatic N) is 1. The second-order valence-corrected chi connectivity index (χ2v) is 9.90. The Labute approximate surface area is 150 Å². The predicted molar refractivity (Wildman–Crippen MR) is 91.2 cm³/mol. The molecule has 7 nitrogen and oxygen atoms in total. The minimum atomic E-state index is -3.92. The van der Waals surface area contributed by atoms with Crippen molar-refractivity contribution in [2.45, 2.75) is 30.9 Å². The molecule has 0 radical (unpaired) electrons. The number of hydrogen-bond donors (Lipinski definition) is 2. The molecule has 2 unspecified atom stereocenters. The number of hydrogen-bond acceptors (Lipinski definition) is 5. The molecule has 3 aliphatic rings. The first-order valence-corrected chi connectivity index (χ1v) is 9.98. The lowest BCUT2D eigenvalue weighted by Crippen LogP contribution is -2.39. The number of benzene rings is 1. The van der Waals surface area contributed by atoms with Gasteiger partial charge in [0, 0.05) is 13.1 Å². The van der Waals surface area contributed by atoms with E-state index < -0.39 is 38.0 Å². The fraction of sp³-hybridized carbons (Fsp3) is 0.529. The van der Waals surface area contributed by atoms with Gasteiger partial charge >= 0.3 is 5.97 Å². The van der Waals surface area contributed by atoms with Gasteiger partial charge in [-0.1, -0.05) is 0 Å². The van der Waals surface area contributed by atoms with Crippen LogP contribution >= 0.6 is 0 Å². The fourth-order valence-electron chi connectivity index (χ4n) is 3.53. The number of carboxylic acid groups (broad SMARTS) is 1. The smallest absolute Gasteiger partial charge is 0.335 e. The number of rotatable bonds is 5. The van der Waals surface area contributed by atoms with Crippen molar-refractivity contribution in [3.63, 3.8) is 0 Å². The third-order valence-corrected chi connectivity index (χ3v) is 7.85. The second kappa shape index (κ2) is 5.42. The lowest BCUT2D eigenvalue weighted by molar-refractivity contribution is 0.0695. The van der Waals surface area contributed by atoms with Gasteiger partial charge in [0.05, 0.1) is 21.6 Å². The van der Waals surface area contributed by atoms with Gasteiger partial charge in [-0.3, -0.25) is 4.79 Å². The number of carbonyl (C=O) groups is 2. The van der Waals surface area contributed by atoms with Crippen molar-refractivity contribution < 1.29 is 27.5 Å². The van der Waals surface area contributed by atoms with Gasteiger partial charge in [0.1, 0.15) is 5.82 Å². The molecule has 9 heteroatoms. The summed E-state index contributed by atoms with van der Waals surface area (Å²) >= 11 is 0. The monoisotopic (exact) mass is 382 g/mol. The largest absolute Gasteiger partial charge is 0.478 e. The molecule has 2 aliphatic carbocycles. The number of aromatic carboxylic acids is 1. The van der Waals surface area contributed by atoms with Crippen molar-refractivity contribution >= 4 is 27.6 Å². The average Bonchev–Trinajstić information content (AvgIpc) is 3.45. The van der Waals surface area contributed by atoms with E-state index in [9.17, 15) is 27.5 Å². The van der Waals surface area contributed by atoms with E-state index in [1.165, 1.54) is 13.0 Å². The molecule has 26 heavy (non-hydrogen) atoms. The Hall–Kier alpha value is -2.16. The number of amides is 1. The summed E-state index contributed by atoms with van der Waals surface area (Å²) < 4.78 is 40.2. The summed E-state index contributed by atoms with van der Waals surface area (Å²) in [6.45, 7) is 2.75. The molecule has 3 fully saturated rings. The molecule has 0 spiro atoms. The van der Waals surface area contributed by atoms with Crippen LogP contribution in [0.4, 0.5) is 10.1 Å². The molecule has 1 saturated heterocycles. The van der Waals surface area contributed by atoms with Crippen molar-refractivity contribution in [2.75, 3.05) is 18.0 Å². The number of piperidine rings is 1. The summed E-state index contributed by atoms with van der Waals surface area (Å²) in [5.74, 6) is -2.45. The van der Waals surface area contributed by atoms with Gasteiger partial charge in [-0.15, -0.1) is 0 Å². The van der Waals surface area contributed by atoms with Gasteiger partial charge in [0.2, 0.25) is 10.0 Å². The summed E-state index contributed by atoms with van der Waals surface area (Å²) in [5.41, 5.74) is -0.543. The van der Waals surface area contributed by atoms with Crippen LogP contribution in [0.5, 0.6) is 0 Å². The summed E-state index contributed by atoms with van der Waals surface area (Å²) in [5, 5.41) is 9.19. The maximum Gasteiger partial charge on any atom is 0.335 e. The van der Waals surface area contributed by atoms with E-state index in [0.717, 1.165) is 12.5 Å². The number of fused-ring (bicyclic) bond motifs is 1. The predicted octanol–water partition coefficient (Wildman–Crippen LogP) is 1.59. The highest BCUT2D eigenvalue weighted by molar-refractivity contribution is 7.91. The third-order valence-electron chi connectivity index (χ3n) is 5.69. The maximum absolute atomic E-state index is 14.6. The SMILES string of the molecule is CC1(S(=O)(=O)NC(=O)c2c(F)cc(C(=O)O)cc2N2CC3CC3C2)CC1. The molecule has 1 aromatic rings. The van der Waals surface area contributed by atoms with Crippen LogP contribution in [0, 0.1) is 17.7 Å². The molecule has 0 bridgehead atoms. The summed E-state index contributed by atoms with van der Waals surface area (Å²) in [6, 6.07) is 2.00. The first-order chi connectivity index (χ1) is 12.1. The van der Waals surface area contributed by atoms with Crippen molar-refractivity contribution in [3.05, 3.63) is 29.1 Å². The molecule has 1 amide bonds. The quantitative estimate of drug-likeness (QED) is 0.802. The highest BCUT2D eigenvalue weighted by Gasteiger charge is 2.51. The van der Waals surface area contributed by atoms with Gasteiger partial charge in [0.15, 0.2) is 0 Å². The van der Waals surface area contributed by atoms with E-state index in [2.05, 4.69) is 0 Å². The summed E-state index contributed by atoms with van der Waals surface area (Å²) in [6.07, 6.45) is 1.96. The van der Waals surface area contributed by atoms with Crippen LogP contribution in [0.1, 0.15) is 46.9 Å². The van der Waals surface area contributed by atoms with E-state index in [1.54, 1.807) is 4.90 Å². The van der Waals surface area contributed by atoms with E-state index >= 15 is 0 Å². The van der Waals surface area contributed by atoms with Crippen LogP contribution in [-0.2, 0) is 10.0 Å². The topological polar surface area (TPSA) is 104 Å². The Kier molecular flexibility index (Phi) is 3.60. The Morgan fingerprint density at radius 3 is 2.42 bits per heavy atom. The molecule has 2 atom stereocenters. The normalized spacial score (nSPS) is 25.5. The van der Waals surface area contributed by atoms with E-state index in [-0.39, 0.29) is 11.3 Å². The Balaban J connectivity index is 1.72. The van der Waals surface area contributed by atoms with Crippen molar-refractivity contribution in [3.8, 4) is 0 Å². The zero-order valence-electron chi connectivity index (χ0n) is 14.2. The van der Waals surface area contributed by atoms with Crippen molar-refractivity contribution in [2.24, 2.45) is 11.8 Å². The number of carboxylic acids is 1. The number of carbonyl (C=O) groups excluding carboxylic acids is 1. The molecule has 2 N–H and O–H groups in total. The van der Waals surface area contributed by atoms with Crippen LogP contribution in [0.15, 0.2) is 12.1 Å². The van der Waals surface area contributed by atoms with Crippen LogP contribution in [0.25, 0.3) is 0 Å². The highest BCUT2D eigenvalue weighted by atomic mass is 32.2. The first kappa shape index (κ1) is 17.3. The molecular weight excluding hydrogens is 363 g/mol. The van der Waals surface area contributed by atoms with Gasteiger partial charge in [0.25, 0.3) is 5.91 Å². The summed E-state index contributed by atoms with van der Waals surface area (Å²) in [4.78, 5) is 25.6. The minimum absolute atomic E-state index is 0.142.